The number of ketones is 1. The number of carboxylic acids is 1. The molecule has 0 fully saturated rings. The number of benzene rings is 2. The molecule has 2 rings (SSSR count). The van der Waals surface area contributed by atoms with Gasteiger partial charge in [0.2, 0.25) is 0 Å². The molecule has 0 spiro atoms. The minimum Gasteiger partial charge on any atom is -0.478 e. The first-order valence-corrected chi connectivity index (χ1v) is 5.12. The Morgan fingerprint density at radius 3 is 1.83 bits per heavy atom. The van der Waals surface area contributed by atoms with Gasteiger partial charge in [0.05, 0.1) is 5.56 Å². The van der Waals surface area contributed by atoms with Crippen molar-refractivity contribution in [3.05, 3.63) is 71.3 Å². The van der Waals surface area contributed by atoms with Crippen molar-refractivity contribution in [3.63, 3.8) is 0 Å². The summed E-state index contributed by atoms with van der Waals surface area (Å²) in [6.07, 6.45) is 0. The first-order valence-electron chi connectivity index (χ1n) is 5.12. The van der Waals surface area contributed by atoms with Gasteiger partial charge in [-0.2, -0.15) is 0 Å². The van der Waals surface area contributed by atoms with Gasteiger partial charge >= 0.3 is 5.97 Å². The fourth-order valence-electron chi connectivity index (χ4n) is 1.61. The molecular weight excluding hydrogens is 280 g/mol. The Labute approximate surface area is 115 Å². The van der Waals surface area contributed by atoms with Crippen LogP contribution in [0.1, 0.15) is 26.3 Å². The van der Waals surface area contributed by atoms with Crippen molar-refractivity contribution in [1.82, 2.24) is 0 Å². The third kappa shape index (κ3) is 2.86. The normalized spacial score (nSPS) is 9.33. The number of rotatable bonds is 3. The van der Waals surface area contributed by atoms with E-state index < -0.39 is 5.97 Å². The average Bonchev–Trinajstić information content (AvgIpc) is 2.39. The third-order valence-corrected chi connectivity index (χ3v) is 2.44. The zero-order valence-electron chi connectivity index (χ0n) is 9.26. The van der Waals surface area contributed by atoms with E-state index in [1.807, 2.05) is 0 Å². The molecule has 1 N–H and O–H groups in total. The molecule has 0 atom stereocenters. The Balaban J connectivity index is 0.00000162. The molecule has 1 radical (unpaired) electrons. The average molecular weight is 290 g/mol. The van der Waals surface area contributed by atoms with Crippen LogP contribution in [0.2, 0.25) is 0 Å². The van der Waals surface area contributed by atoms with Crippen LogP contribution in [-0.2, 0) is 17.1 Å². The summed E-state index contributed by atoms with van der Waals surface area (Å²) in [5.74, 6) is -1.37. The molecule has 0 amide bonds. The van der Waals surface area contributed by atoms with Crippen LogP contribution in [0.15, 0.2) is 54.6 Å². The van der Waals surface area contributed by atoms with Crippen LogP contribution in [0, 0.1) is 0 Å². The van der Waals surface area contributed by atoms with Crippen LogP contribution in [-0.4, -0.2) is 16.9 Å². The molecule has 18 heavy (non-hydrogen) atoms. The van der Waals surface area contributed by atoms with Crippen LogP contribution in [0.4, 0.5) is 0 Å². The van der Waals surface area contributed by atoms with Crippen LogP contribution in [0.5, 0.6) is 0 Å². The number of carbonyl (C=O) groups is 2. The Bertz CT molecular complexity index is 564. The molecule has 0 bridgehead atoms. The summed E-state index contributed by atoms with van der Waals surface area (Å²) in [6, 6.07) is 14.8. The van der Waals surface area contributed by atoms with E-state index in [1.165, 1.54) is 12.1 Å². The van der Waals surface area contributed by atoms with Crippen molar-refractivity contribution < 1.29 is 31.8 Å². The maximum Gasteiger partial charge on any atom is 0.336 e. The molecule has 0 unspecified atom stereocenters. The Hall–Kier alpha value is -1.90. The minimum atomic E-state index is -1.09. The summed E-state index contributed by atoms with van der Waals surface area (Å²) in [5, 5.41) is 9.01. The van der Waals surface area contributed by atoms with Crippen molar-refractivity contribution in [1.29, 1.82) is 0 Å². The SMILES string of the molecule is O=C(O)c1ccccc1C(=O)c1ccccc1.[Cu]. The van der Waals surface area contributed by atoms with Crippen LogP contribution in [0.3, 0.4) is 0 Å². The second-order valence-corrected chi connectivity index (χ2v) is 3.55. The van der Waals surface area contributed by atoms with E-state index in [2.05, 4.69) is 0 Å². The molecular formula is C14H10CuO3. The first kappa shape index (κ1) is 14.2. The van der Waals surface area contributed by atoms with Crippen molar-refractivity contribution in [2.45, 2.75) is 0 Å². The van der Waals surface area contributed by atoms with E-state index in [4.69, 9.17) is 5.11 Å². The summed E-state index contributed by atoms with van der Waals surface area (Å²) in [5.41, 5.74) is 0.730. The Morgan fingerprint density at radius 2 is 1.28 bits per heavy atom. The summed E-state index contributed by atoms with van der Waals surface area (Å²) in [6.45, 7) is 0. The van der Waals surface area contributed by atoms with Crippen molar-refractivity contribution in [2.75, 3.05) is 0 Å². The van der Waals surface area contributed by atoms with Crippen LogP contribution < -0.4 is 0 Å². The van der Waals surface area contributed by atoms with Crippen molar-refractivity contribution >= 4 is 11.8 Å². The molecule has 0 heterocycles. The number of carbonyl (C=O) groups excluding carboxylic acids is 1. The molecule has 2 aromatic carbocycles. The summed E-state index contributed by atoms with van der Waals surface area (Å²) in [7, 11) is 0. The molecule has 0 aliphatic heterocycles. The summed E-state index contributed by atoms with van der Waals surface area (Å²) >= 11 is 0. The van der Waals surface area contributed by atoms with Gasteiger partial charge in [-0.15, -0.1) is 0 Å². The van der Waals surface area contributed by atoms with Crippen molar-refractivity contribution in [2.24, 2.45) is 0 Å². The van der Waals surface area contributed by atoms with Gasteiger partial charge in [-0.3, -0.25) is 4.79 Å². The maximum atomic E-state index is 12.1. The molecule has 0 aliphatic carbocycles. The predicted molar refractivity (Wildman–Crippen MR) is 63.3 cm³/mol. The van der Waals surface area contributed by atoms with Gasteiger partial charge in [0.1, 0.15) is 0 Å². The predicted octanol–water partition coefficient (Wildman–Crippen LogP) is 2.61. The van der Waals surface area contributed by atoms with Gasteiger partial charge in [0, 0.05) is 28.2 Å². The number of carboxylic acid groups (broad SMARTS) is 1. The number of hydrogen-bond acceptors (Lipinski definition) is 2. The fraction of sp³-hybridized carbons (Fsp3) is 0. The number of aromatic carboxylic acids is 1. The minimum absolute atomic E-state index is 0. The zero-order valence-corrected chi connectivity index (χ0v) is 10.2. The van der Waals surface area contributed by atoms with E-state index in [1.54, 1.807) is 42.5 Å². The van der Waals surface area contributed by atoms with E-state index in [-0.39, 0.29) is 34.0 Å². The molecule has 4 heteroatoms. The Morgan fingerprint density at radius 1 is 0.778 bits per heavy atom. The van der Waals surface area contributed by atoms with E-state index in [0.29, 0.717) is 5.56 Å². The first-order chi connectivity index (χ1) is 8.20. The van der Waals surface area contributed by atoms with Gasteiger partial charge in [-0.25, -0.2) is 4.79 Å². The van der Waals surface area contributed by atoms with Gasteiger partial charge in [-0.05, 0) is 6.07 Å². The van der Waals surface area contributed by atoms with Gasteiger partial charge < -0.3 is 5.11 Å². The quantitative estimate of drug-likeness (QED) is 0.698. The van der Waals surface area contributed by atoms with E-state index in [0.717, 1.165) is 0 Å². The zero-order chi connectivity index (χ0) is 12.3. The molecule has 95 valence electrons. The molecule has 0 saturated heterocycles. The smallest absolute Gasteiger partial charge is 0.336 e. The molecule has 2 aromatic rings. The van der Waals surface area contributed by atoms with Crippen molar-refractivity contribution in [3.8, 4) is 0 Å². The van der Waals surface area contributed by atoms with Crippen LogP contribution in [0.25, 0.3) is 0 Å². The molecule has 3 nitrogen and oxygen atoms in total. The topological polar surface area (TPSA) is 54.4 Å². The van der Waals surface area contributed by atoms with Gasteiger partial charge in [-0.1, -0.05) is 48.5 Å². The van der Waals surface area contributed by atoms with Crippen LogP contribution >= 0.6 is 0 Å². The third-order valence-electron chi connectivity index (χ3n) is 2.44. The monoisotopic (exact) mass is 289 g/mol. The summed E-state index contributed by atoms with van der Waals surface area (Å²) < 4.78 is 0. The largest absolute Gasteiger partial charge is 0.478 e. The standard InChI is InChI=1S/C14H10O3.Cu/c15-13(10-6-2-1-3-7-10)11-8-4-5-9-12(11)14(16)17;/h1-9H,(H,16,17);. The van der Waals surface area contributed by atoms with Gasteiger partial charge in [0.25, 0.3) is 0 Å². The maximum absolute atomic E-state index is 12.1. The summed E-state index contributed by atoms with van der Waals surface area (Å²) in [4.78, 5) is 23.1. The van der Waals surface area contributed by atoms with E-state index >= 15 is 0 Å². The second kappa shape index (κ2) is 6.15. The molecule has 0 aromatic heterocycles. The Kier molecular flexibility index (Phi) is 4.84. The number of hydrogen-bond donors (Lipinski definition) is 1. The van der Waals surface area contributed by atoms with E-state index in [9.17, 15) is 9.59 Å². The second-order valence-electron chi connectivity index (χ2n) is 3.55. The molecule has 0 aliphatic rings. The fourth-order valence-corrected chi connectivity index (χ4v) is 1.61. The molecule has 0 saturated carbocycles. The van der Waals surface area contributed by atoms with Gasteiger partial charge in [0.15, 0.2) is 5.78 Å².